The third-order valence-electron chi connectivity index (χ3n) is 3.74. The first-order valence-corrected chi connectivity index (χ1v) is 6.39. The van der Waals surface area contributed by atoms with Crippen molar-refractivity contribution < 1.29 is 13.2 Å². The number of rotatable bonds is 1. The summed E-state index contributed by atoms with van der Waals surface area (Å²) in [5.74, 6) is 0. The monoisotopic (exact) mass is 295 g/mol. The van der Waals surface area contributed by atoms with Crippen LogP contribution in [0.4, 0.5) is 18.9 Å². The fourth-order valence-electron chi connectivity index (χ4n) is 2.75. The van der Waals surface area contributed by atoms with Crippen LogP contribution in [0.1, 0.15) is 29.7 Å². The number of benzene rings is 1. The van der Waals surface area contributed by atoms with E-state index in [9.17, 15) is 18.0 Å². The summed E-state index contributed by atoms with van der Waals surface area (Å²) in [6.45, 7) is 2.14. The van der Waals surface area contributed by atoms with Gasteiger partial charge in [-0.05, 0) is 18.1 Å². The number of aromatic nitrogens is 2. The molecule has 2 heterocycles. The van der Waals surface area contributed by atoms with E-state index in [0.29, 0.717) is 6.54 Å². The number of hydrogen-bond acceptors (Lipinski definition) is 3. The molecule has 0 aliphatic carbocycles. The second-order valence-electron chi connectivity index (χ2n) is 4.96. The second-order valence-corrected chi connectivity index (χ2v) is 4.96. The van der Waals surface area contributed by atoms with Crippen LogP contribution in [0.3, 0.4) is 0 Å². The Hall–Kier alpha value is -2.31. The van der Waals surface area contributed by atoms with E-state index in [4.69, 9.17) is 0 Å². The van der Waals surface area contributed by atoms with Crippen LogP contribution in [-0.2, 0) is 12.7 Å². The SMILES string of the molecule is CC1c2ccccc2CN1c1cn[nH]c(=O)c1C(F)(F)F. The molecule has 0 fully saturated rings. The summed E-state index contributed by atoms with van der Waals surface area (Å²) >= 11 is 0. The maximum absolute atomic E-state index is 13.1. The molecule has 0 radical (unpaired) electrons. The molecule has 0 bridgehead atoms. The molecule has 2 aromatic rings. The van der Waals surface area contributed by atoms with Crippen LogP contribution in [0.15, 0.2) is 35.3 Å². The van der Waals surface area contributed by atoms with Crippen molar-refractivity contribution in [2.24, 2.45) is 0 Å². The van der Waals surface area contributed by atoms with Crippen LogP contribution in [0.5, 0.6) is 0 Å². The molecular weight excluding hydrogens is 283 g/mol. The van der Waals surface area contributed by atoms with Gasteiger partial charge in [-0.1, -0.05) is 24.3 Å². The van der Waals surface area contributed by atoms with E-state index in [1.807, 2.05) is 36.3 Å². The highest BCUT2D eigenvalue weighted by atomic mass is 19.4. The lowest BCUT2D eigenvalue weighted by atomic mass is 10.1. The van der Waals surface area contributed by atoms with Gasteiger partial charge in [0.1, 0.15) is 5.56 Å². The van der Waals surface area contributed by atoms with Crippen LogP contribution in [0.25, 0.3) is 0 Å². The van der Waals surface area contributed by atoms with Gasteiger partial charge in [0.2, 0.25) is 0 Å². The molecule has 1 aromatic heterocycles. The van der Waals surface area contributed by atoms with Crippen molar-refractivity contribution in [3.05, 3.63) is 57.5 Å². The van der Waals surface area contributed by atoms with Crippen LogP contribution in [0, 0.1) is 0 Å². The molecule has 1 aromatic carbocycles. The zero-order chi connectivity index (χ0) is 15.2. The highest BCUT2D eigenvalue weighted by Gasteiger charge is 2.40. The summed E-state index contributed by atoms with van der Waals surface area (Å²) in [6.07, 6.45) is -3.66. The van der Waals surface area contributed by atoms with Crippen molar-refractivity contribution in [1.82, 2.24) is 10.2 Å². The van der Waals surface area contributed by atoms with Crippen molar-refractivity contribution in [3.63, 3.8) is 0 Å². The molecular formula is C14H12F3N3O. The average Bonchev–Trinajstić information content (AvgIpc) is 2.75. The molecule has 0 amide bonds. The number of fused-ring (bicyclic) bond motifs is 1. The Morgan fingerprint density at radius 3 is 2.71 bits per heavy atom. The third kappa shape index (κ3) is 2.18. The van der Waals surface area contributed by atoms with Gasteiger partial charge in [-0.25, -0.2) is 5.10 Å². The standard InChI is InChI=1S/C14H12F3N3O/c1-8-10-5-3-2-4-9(10)7-20(8)11-6-18-19-13(21)12(11)14(15,16)17/h2-6,8H,7H2,1H3,(H,19,21). The molecule has 1 unspecified atom stereocenters. The molecule has 3 rings (SSSR count). The number of aromatic amines is 1. The second kappa shape index (κ2) is 4.61. The van der Waals surface area contributed by atoms with Crippen LogP contribution in [0.2, 0.25) is 0 Å². The van der Waals surface area contributed by atoms with Gasteiger partial charge >= 0.3 is 6.18 Å². The first-order valence-electron chi connectivity index (χ1n) is 6.39. The maximum Gasteiger partial charge on any atom is 0.423 e. The number of H-pyrrole nitrogens is 1. The molecule has 1 aliphatic heterocycles. The largest absolute Gasteiger partial charge is 0.423 e. The molecule has 7 heteroatoms. The molecule has 110 valence electrons. The quantitative estimate of drug-likeness (QED) is 0.880. The minimum Gasteiger partial charge on any atom is -0.358 e. The lowest BCUT2D eigenvalue weighted by Gasteiger charge is -2.26. The van der Waals surface area contributed by atoms with E-state index in [1.165, 1.54) is 0 Å². The fourth-order valence-corrected chi connectivity index (χ4v) is 2.75. The van der Waals surface area contributed by atoms with Gasteiger partial charge in [0, 0.05) is 6.54 Å². The van der Waals surface area contributed by atoms with Crippen molar-refractivity contribution in [2.75, 3.05) is 4.90 Å². The van der Waals surface area contributed by atoms with Crippen LogP contribution >= 0.6 is 0 Å². The summed E-state index contributed by atoms with van der Waals surface area (Å²) in [7, 11) is 0. The predicted octanol–water partition coefficient (Wildman–Crippen LogP) is 2.87. The molecule has 1 N–H and O–H groups in total. The van der Waals surface area contributed by atoms with E-state index in [0.717, 1.165) is 17.3 Å². The number of nitrogens with one attached hydrogen (secondary N) is 1. The molecule has 1 aliphatic rings. The number of alkyl halides is 3. The topological polar surface area (TPSA) is 49.0 Å². The number of hydrogen-bond donors (Lipinski definition) is 1. The minimum absolute atomic E-state index is 0.185. The van der Waals surface area contributed by atoms with Gasteiger partial charge in [-0.15, -0.1) is 0 Å². The Labute approximate surface area is 118 Å². The average molecular weight is 295 g/mol. The lowest BCUT2D eigenvalue weighted by Crippen LogP contribution is -2.30. The third-order valence-corrected chi connectivity index (χ3v) is 3.74. The zero-order valence-electron chi connectivity index (χ0n) is 11.1. The molecule has 0 saturated heterocycles. The normalized spacial score (nSPS) is 17.9. The summed E-state index contributed by atoms with van der Waals surface area (Å²) in [5.41, 5.74) is -0.681. The smallest absolute Gasteiger partial charge is 0.358 e. The van der Waals surface area contributed by atoms with E-state index < -0.39 is 17.3 Å². The summed E-state index contributed by atoms with van der Waals surface area (Å²) in [5, 5.41) is 5.38. The van der Waals surface area contributed by atoms with Gasteiger partial charge in [0.25, 0.3) is 5.56 Å². The van der Waals surface area contributed by atoms with Crippen LogP contribution in [-0.4, -0.2) is 10.2 Å². The lowest BCUT2D eigenvalue weighted by molar-refractivity contribution is -0.138. The molecule has 0 saturated carbocycles. The van der Waals surface area contributed by atoms with E-state index >= 15 is 0 Å². The summed E-state index contributed by atoms with van der Waals surface area (Å²) in [4.78, 5) is 13.1. The van der Waals surface area contributed by atoms with Crippen LogP contribution < -0.4 is 10.5 Å². The number of halogens is 3. The highest BCUT2D eigenvalue weighted by molar-refractivity contribution is 5.58. The van der Waals surface area contributed by atoms with E-state index in [2.05, 4.69) is 5.10 Å². The first kappa shape index (κ1) is 13.7. The van der Waals surface area contributed by atoms with Gasteiger partial charge in [-0.3, -0.25) is 4.79 Å². The molecule has 1 atom stereocenters. The molecule has 21 heavy (non-hydrogen) atoms. The van der Waals surface area contributed by atoms with Gasteiger partial charge in [-0.2, -0.15) is 18.3 Å². The van der Waals surface area contributed by atoms with E-state index in [1.54, 1.807) is 4.90 Å². The number of anilines is 1. The van der Waals surface area contributed by atoms with Crippen molar-refractivity contribution in [2.45, 2.75) is 25.7 Å². The molecule has 4 nitrogen and oxygen atoms in total. The Kier molecular flexibility index (Phi) is 3.00. The van der Waals surface area contributed by atoms with Gasteiger partial charge in [0.05, 0.1) is 17.9 Å². The fraction of sp³-hybridized carbons (Fsp3) is 0.286. The van der Waals surface area contributed by atoms with Crippen molar-refractivity contribution >= 4 is 5.69 Å². The zero-order valence-corrected chi connectivity index (χ0v) is 11.1. The Bertz CT molecular complexity index is 739. The minimum atomic E-state index is -4.72. The summed E-state index contributed by atoms with van der Waals surface area (Å²) < 4.78 is 39.4. The van der Waals surface area contributed by atoms with Crippen molar-refractivity contribution in [3.8, 4) is 0 Å². The Balaban J connectivity index is 2.12. The van der Waals surface area contributed by atoms with E-state index in [-0.39, 0.29) is 11.7 Å². The Morgan fingerprint density at radius 2 is 2.05 bits per heavy atom. The van der Waals surface area contributed by atoms with Crippen molar-refractivity contribution in [1.29, 1.82) is 0 Å². The number of nitrogens with zero attached hydrogens (tertiary/aromatic N) is 2. The maximum atomic E-state index is 13.1. The Morgan fingerprint density at radius 1 is 1.33 bits per heavy atom. The summed E-state index contributed by atoms with van der Waals surface area (Å²) in [6, 6.07) is 7.20. The first-order chi connectivity index (χ1) is 9.89. The highest BCUT2D eigenvalue weighted by Crippen LogP contribution is 2.41. The van der Waals surface area contributed by atoms with Gasteiger partial charge < -0.3 is 4.90 Å². The molecule has 0 spiro atoms. The van der Waals surface area contributed by atoms with Gasteiger partial charge in [0.15, 0.2) is 0 Å². The predicted molar refractivity (Wildman–Crippen MR) is 70.9 cm³/mol.